The molecule has 0 aliphatic carbocycles. The molecule has 0 unspecified atom stereocenters. The third-order valence-electron chi connectivity index (χ3n) is 9.85. The fraction of sp³-hybridized carbons (Fsp3) is 0.182. The lowest BCUT2D eigenvalue weighted by atomic mass is 10.0. The van der Waals surface area contributed by atoms with E-state index < -0.39 is 0 Å². The maximum atomic E-state index is 3.89. The van der Waals surface area contributed by atoms with Crippen molar-refractivity contribution in [1.82, 2.24) is 23.3 Å². The van der Waals surface area contributed by atoms with Crippen LogP contribution in [-0.4, -0.2) is 23.3 Å². The number of aromatic nitrogens is 5. The van der Waals surface area contributed by atoms with Crippen LogP contribution in [0.15, 0.2) is 133 Å². The van der Waals surface area contributed by atoms with Gasteiger partial charge in [0.1, 0.15) is 0 Å². The largest absolute Gasteiger partial charge is 0.354 e. The molecule has 0 fully saturated rings. The Balaban J connectivity index is 1.50. The van der Waals surface area contributed by atoms with Gasteiger partial charge in [-0.15, -0.1) is 0 Å². The van der Waals surface area contributed by atoms with Crippen molar-refractivity contribution < 1.29 is 0 Å². The average molecular weight is 640 g/mol. The number of rotatable bonds is 2. The summed E-state index contributed by atoms with van der Waals surface area (Å²) in [5.74, 6) is 0. The van der Waals surface area contributed by atoms with E-state index in [1.165, 1.54) is 54.9 Å². The van der Waals surface area contributed by atoms with E-state index >= 15 is 0 Å². The van der Waals surface area contributed by atoms with E-state index in [2.05, 4.69) is 198 Å². The molecular weight excluding hydrogens is 599 g/mol. The highest BCUT2D eigenvalue weighted by Crippen LogP contribution is 2.39. The van der Waals surface area contributed by atoms with Crippen LogP contribution in [0.3, 0.4) is 0 Å². The van der Waals surface area contributed by atoms with Gasteiger partial charge < -0.3 is 23.3 Å². The fourth-order valence-corrected chi connectivity index (χ4v) is 8.03. The van der Waals surface area contributed by atoms with Crippen LogP contribution in [0.1, 0.15) is 41.5 Å². The van der Waals surface area contributed by atoms with Gasteiger partial charge in [0.2, 0.25) is 0 Å². The Morgan fingerprint density at radius 2 is 0.714 bits per heavy atom. The minimum absolute atomic E-state index is 0.151. The Morgan fingerprint density at radius 3 is 1.08 bits per heavy atom. The molecule has 0 bridgehead atoms. The third-order valence-corrected chi connectivity index (χ3v) is 9.85. The number of hydrogen-bond donors (Lipinski definition) is 1. The molecule has 9 aromatic rings. The maximum Gasteiger partial charge on any atom is 0.0707 e. The predicted octanol–water partition coefficient (Wildman–Crippen LogP) is 11.8. The molecule has 0 aliphatic rings. The first-order chi connectivity index (χ1) is 23.6. The zero-order chi connectivity index (χ0) is 33.7. The van der Waals surface area contributed by atoms with E-state index in [-0.39, 0.29) is 11.1 Å². The summed E-state index contributed by atoms with van der Waals surface area (Å²) >= 11 is 0. The van der Waals surface area contributed by atoms with E-state index in [0.29, 0.717) is 0 Å². The van der Waals surface area contributed by atoms with Crippen molar-refractivity contribution >= 4 is 65.9 Å². The minimum atomic E-state index is -0.151. The maximum absolute atomic E-state index is 3.89. The van der Waals surface area contributed by atoms with Crippen LogP contribution < -0.4 is 0 Å². The third kappa shape index (κ3) is 4.45. The molecule has 0 radical (unpaired) electrons. The first-order valence-corrected chi connectivity index (χ1v) is 17.2. The number of hydrogen-bond acceptors (Lipinski definition) is 0. The number of H-pyrrole nitrogens is 1. The van der Waals surface area contributed by atoms with Gasteiger partial charge >= 0.3 is 0 Å². The summed E-state index contributed by atoms with van der Waals surface area (Å²) in [6.45, 7) is 13.8. The number of para-hydroxylation sites is 6. The quantitative estimate of drug-likeness (QED) is 0.183. The normalized spacial score (nSPS) is 12.7. The molecule has 0 saturated carbocycles. The van der Waals surface area contributed by atoms with Crippen molar-refractivity contribution in [2.45, 2.75) is 52.6 Å². The Kier molecular flexibility index (Phi) is 6.26. The first kappa shape index (κ1) is 29.5. The van der Waals surface area contributed by atoms with Gasteiger partial charge in [0.15, 0.2) is 0 Å². The van der Waals surface area contributed by atoms with E-state index in [1.807, 2.05) is 0 Å². The molecule has 0 aliphatic heterocycles. The standard InChI is InChI=1S/C44H41N5/c1-43(2,3)48-37-23-15-13-21-35(37)46(29-17-9-7-10-18-29)39-25-31-32-26-40-42(28-34(32)45-33(31)27-41(39)48)49(44(4,5)6)38-24-16-14-22-36(38)47(40)30-19-11-8-12-20-30/h7-28,45H,1-6H3. The number of aromatic amines is 1. The molecule has 5 nitrogen and oxygen atoms in total. The van der Waals surface area contributed by atoms with Gasteiger partial charge in [-0.2, -0.15) is 0 Å². The Labute approximate surface area is 285 Å². The molecule has 0 saturated heterocycles. The zero-order valence-electron chi connectivity index (χ0n) is 29.0. The molecule has 3 heterocycles. The van der Waals surface area contributed by atoms with Gasteiger partial charge in [0, 0.05) is 44.3 Å². The molecular formula is C44H41N5. The lowest BCUT2D eigenvalue weighted by molar-refractivity contribution is 0.420. The molecule has 242 valence electrons. The number of nitrogens with one attached hydrogen (secondary N) is 1. The van der Waals surface area contributed by atoms with Gasteiger partial charge in [-0.1, -0.05) is 60.7 Å². The Hall–Kier alpha value is -5.68. The van der Waals surface area contributed by atoms with Crippen LogP contribution in [0.2, 0.25) is 0 Å². The molecule has 1 N–H and O–H groups in total. The summed E-state index contributed by atoms with van der Waals surface area (Å²) in [7, 11) is 0. The summed E-state index contributed by atoms with van der Waals surface area (Å²) in [5, 5.41) is 2.42. The highest BCUT2D eigenvalue weighted by atomic mass is 15.1. The van der Waals surface area contributed by atoms with E-state index in [9.17, 15) is 0 Å². The summed E-state index contributed by atoms with van der Waals surface area (Å²) in [6, 6.07) is 48.6. The second kappa shape index (κ2) is 10.4. The van der Waals surface area contributed by atoms with Crippen LogP contribution in [0.5, 0.6) is 0 Å². The van der Waals surface area contributed by atoms with Crippen LogP contribution in [0.4, 0.5) is 0 Å². The molecule has 6 aromatic carbocycles. The van der Waals surface area contributed by atoms with Crippen molar-refractivity contribution in [3.05, 3.63) is 133 Å². The van der Waals surface area contributed by atoms with E-state index in [4.69, 9.17) is 0 Å². The van der Waals surface area contributed by atoms with Gasteiger partial charge in [-0.25, -0.2) is 0 Å². The van der Waals surface area contributed by atoms with E-state index in [0.717, 1.165) is 22.4 Å². The highest BCUT2D eigenvalue weighted by Gasteiger charge is 2.24. The fourth-order valence-electron chi connectivity index (χ4n) is 8.03. The lowest BCUT2D eigenvalue weighted by Gasteiger charge is -2.31. The molecule has 0 atom stereocenters. The summed E-state index contributed by atoms with van der Waals surface area (Å²) in [6.07, 6.45) is 0. The van der Waals surface area contributed by atoms with Gasteiger partial charge in [0.05, 0.1) is 44.1 Å². The summed E-state index contributed by atoms with van der Waals surface area (Å²) < 4.78 is 9.86. The van der Waals surface area contributed by atoms with Gasteiger partial charge in [-0.05, 0) is 114 Å². The molecule has 0 amide bonds. The first-order valence-electron chi connectivity index (χ1n) is 17.2. The number of fused-ring (bicyclic) bond motifs is 7. The Morgan fingerprint density at radius 1 is 0.367 bits per heavy atom. The SMILES string of the molecule is CC(C)(C)n1c2ccccc2n(-c2ccccc2)c2cc3c(cc21)[nH]c1cc2c(cc13)n(-c1ccccc1)c1ccccc1n2C(C)(C)C. The molecule has 5 heteroatoms. The Bertz CT molecular complexity index is 2570. The summed E-state index contributed by atoms with van der Waals surface area (Å²) in [5.41, 5.74) is 13.7. The van der Waals surface area contributed by atoms with E-state index in [1.54, 1.807) is 0 Å². The van der Waals surface area contributed by atoms with Crippen LogP contribution in [-0.2, 0) is 11.1 Å². The van der Waals surface area contributed by atoms with Crippen molar-refractivity contribution in [1.29, 1.82) is 0 Å². The van der Waals surface area contributed by atoms with Crippen LogP contribution in [0.25, 0.3) is 77.3 Å². The smallest absolute Gasteiger partial charge is 0.0707 e. The van der Waals surface area contributed by atoms with Crippen LogP contribution in [0, 0.1) is 0 Å². The zero-order valence-corrected chi connectivity index (χ0v) is 29.0. The van der Waals surface area contributed by atoms with Crippen molar-refractivity contribution in [3.63, 3.8) is 0 Å². The van der Waals surface area contributed by atoms with Gasteiger partial charge in [0.25, 0.3) is 0 Å². The van der Waals surface area contributed by atoms with Crippen LogP contribution >= 0.6 is 0 Å². The predicted molar refractivity (Wildman–Crippen MR) is 208 cm³/mol. The molecule has 9 rings (SSSR count). The lowest BCUT2D eigenvalue weighted by Crippen LogP contribution is -2.24. The molecule has 49 heavy (non-hydrogen) atoms. The molecule has 0 spiro atoms. The van der Waals surface area contributed by atoms with Crippen molar-refractivity contribution in [3.8, 4) is 11.4 Å². The monoisotopic (exact) mass is 639 g/mol. The van der Waals surface area contributed by atoms with Crippen molar-refractivity contribution in [2.24, 2.45) is 0 Å². The topological polar surface area (TPSA) is 35.5 Å². The van der Waals surface area contributed by atoms with Gasteiger partial charge in [-0.3, -0.25) is 0 Å². The number of nitrogens with zero attached hydrogens (tertiary/aromatic N) is 4. The second-order valence-corrected chi connectivity index (χ2v) is 15.2. The average Bonchev–Trinajstić information content (AvgIpc) is 3.43. The molecule has 3 aromatic heterocycles. The second-order valence-electron chi connectivity index (χ2n) is 15.2. The van der Waals surface area contributed by atoms with Crippen molar-refractivity contribution in [2.75, 3.05) is 0 Å². The highest BCUT2D eigenvalue weighted by molar-refractivity contribution is 6.15. The summed E-state index contributed by atoms with van der Waals surface area (Å²) in [4.78, 5) is 3.89. The minimum Gasteiger partial charge on any atom is -0.354 e. The number of benzene rings is 6.